The Morgan fingerprint density at radius 2 is 1.88 bits per heavy atom. The van der Waals surface area contributed by atoms with Gasteiger partial charge in [-0.05, 0) is 37.8 Å². The third kappa shape index (κ3) is 6.30. The van der Waals surface area contributed by atoms with E-state index in [2.05, 4.69) is 67.8 Å². The van der Waals surface area contributed by atoms with Crippen LogP contribution >= 0.6 is 24.0 Å². The molecule has 1 aromatic carbocycles. The number of hydrogen-bond acceptors (Lipinski definition) is 3. The van der Waals surface area contributed by atoms with Crippen LogP contribution in [0.15, 0.2) is 33.8 Å². The Bertz CT molecular complexity index is 675. The summed E-state index contributed by atoms with van der Waals surface area (Å²) in [6, 6.07) is 8.50. The summed E-state index contributed by atoms with van der Waals surface area (Å²) in [4.78, 5) is 4.72. The molecule has 0 amide bonds. The van der Waals surface area contributed by atoms with E-state index in [1.807, 2.05) is 0 Å². The number of guanidine groups is 1. The van der Waals surface area contributed by atoms with Gasteiger partial charge in [-0.2, -0.15) is 0 Å². The summed E-state index contributed by atoms with van der Waals surface area (Å²) >= 11 is 0. The molecule has 6 heteroatoms. The monoisotopic (exact) mass is 470 g/mol. The van der Waals surface area contributed by atoms with Gasteiger partial charge in [0.25, 0.3) is 0 Å². The number of nitrogens with one attached hydrogen (secondary N) is 2. The first-order valence-electron chi connectivity index (χ1n) is 9.22. The molecule has 5 nitrogen and oxygen atoms in total. The second-order valence-electron chi connectivity index (χ2n) is 6.04. The van der Waals surface area contributed by atoms with Gasteiger partial charge in [0.1, 0.15) is 5.76 Å². The van der Waals surface area contributed by atoms with Gasteiger partial charge in [-0.3, -0.25) is 0 Å². The van der Waals surface area contributed by atoms with Crippen LogP contribution in [0.2, 0.25) is 0 Å². The molecule has 26 heavy (non-hydrogen) atoms. The number of rotatable bonds is 8. The molecule has 2 N–H and O–H groups in total. The minimum absolute atomic E-state index is 0. The standard InChI is InChI=1S/C20H30N4O.HI/c1-5-18-17(19(6-2)25-24-18)14-23-20(21-7-3)22-13-12-16-11-9-8-10-15(16)4;/h8-11H,5-7,12-14H2,1-4H3,(H2,21,22,23);1H. The van der Waals surface area contributed by atoms with E-state index in [-0.39, 0.29) is 24.0 Å². The summed E-state index contributed by atoms with van der Waals surface area (Å²) in [6.45, 7) is 10.7. The third-order valence-corrected chi connectivity index (χ3v) is 4.29. The van der Waals surface area contributed by atoms with Gasteiger partial charge in [0, 0.05) is 25.1 Å². The Labute approximate surface area is 174 Å². The molecule has 1 heterocycles. The van der Waals surface area contributed by atoms with Crippen LogP contribution in [0.4, 0.5) is 0 Å². The average Bonchev–Trinajstić information content (AvgIpc) is 3.03. The molecule has 0 atom stereocenters. The summed E-state index contributed by atoms with van der Waals surface area (Å²) < 4.78 is 5.42. The predicted molar refractivity (Wildman–Crippen MR) is 118 cm³/mol. The lowest BCUT2D eigenvalue weighted by molar-refractivity contribution is 0.380. The van der Waals surface area contributed by atoms with Crippen LogP contribution in [0.3, 0.4) is 0 Å². The first-order chi connectivity index (χ1) is 12.2. The number of benzene rings is 1. The maximum atomic E-state index is 5.42. The van der Waals surface area contributed by atoms with Crippen LogP contribution < -0.4 is 10.6 Å². The van der Waals surface area contributed by atoms with E-state index in [1.165, 1.54) is 11.1 Å². The van der Waals surface area contributed by atoms with Gasteiger partial charge in [0.15, 0.2) is 5.96 Å². The Kier molecular flexibility index (Phi) is 10.3. The molecular formula is C20H31IN4O. The maximum absolute atomic E-state index is 5.42. The lowest BCUT2D eigenvalue weighted by atomic mass is 10.1. The minimum atomic E-state index is 0. The van der Waals surface area contributed by atoms with Gasteiger partial charge >= 0.3 is 0 Å². The van der Waals surface area contributed by atoms with Gasteiger partial charge < -0.3 is 15.2 Å². The van der Waals surface area contributed by atoms with E-state index in [0.717, 1.165) is 55.3 Å². The third-order valence-electron chi connectivity index (χ3n) is 4.29. The van der Waals surface area contributed by atoms with E-state index in [0.29, 0.717) is 6.54 Å². The van der Waals surface area contributed by atoms with Crippen molar-refractivity contribution in [3.05, 3.63) is 52.4 Å². The molecule has 0 unspecified atom stereocenters. The fourth-order valence-electron chi connectivity index (χ4n) is 2.82. The number of nitrogens with zero attached hydrogens (tertiary/aromatic N) is 2. The van der Waals surface area contributed by atoms with E-state index in [9.17, 15) is 0 Å². The molecular weight excluding hydrogens is 439 g/mol. The van der Waals surface area contributed by atoms with E-state index >= 15 is 0 Å². The van der Waals surface area contributed by atoms with Crippen molar-refractivity contribution in [2.24, 2.45) is 4.99 Å². The van der Waals surface area contributed by atoms with Crippen molar-refractivity contribution in [3.8, 4) is 0 Å². The Hall–Kier alpha value is -1.57. The first kappa shape index (κ1) is 22.5. The summed E-state index contributed by atoms with van der Waals surface area (Å²) in [6.07, 6.45) is 2.69. The van der Waals surface area contributed by atoms with Crippen molar-refractivity contribution in [1.82, 2.24) is 15.8 Å². The second kappa shape index (κ2) is 11.9. The van der Waals surface area contributed by atoms with E-state index < -0.39 is 0 Å². The first-order valence-corrected chi connectivity index (χ1v) is 9.22. The smallest absolute Gasteiger partial charge is 0.191 e. The highest BCUT2D eigenvalue weighted by Gasteiger charge is 2.13. The fraction of sp³-hybridized carbons (Fsp3) is 0.500. The van der Waals surface area contributed by atoms with Gasteiger partial charge in [-0.15, -0.1) is 24.0 Å². The number of aliphatic imine (C=N–C) groups is 1. The molecule has 144 valence electrons. The van der Waals surface area contributed by atoms with Crippen LogP contribution in [0.1, 0.15) is 48.9 Å². The lowest BCUT2D eigenvalue weighted by Gasteiger charge is -2.12. The van der Waals surface area contributed by atoms with Gasteiger partial charge in [-0.1, -0.05) is 43.3 Å². The topological polar surface area (TPSA) is 62.5 Å². The van der Waals surface area contributed by atoms with Crippen LogP contribution in [-0.4, -0.2) is 24.2 Å². The molecule has 0 saturated heterocycles. The largest absolute Gasteiger partial charge is 0.361 e. The molecule has 0 bridgehead atoms. The van der Waals surface area contributed by atoms with E-state index in [1.54, 1.807) is 0 Å². The molecule has 0 saturated carbocycles. The van der Waals surface area contributed by atoms with Gasteiger partial charge in [-0.25, -0.2) is 4.99 Å². The number of halogens is 1. The highest BCUT2D eigenvalue weighted by Crippen LogP contribution is 2.16. The molecule has 0 radical (unpaired) electrons. The molecule has 1 aromatic heterocycles. The number of aryl methyl sites for hydroxylation is 3. The van der Waals surface area contributed by atoms with Crippen molar-refractivity contribution < 1.29 is 4.52 Å². The Morgan fingerprint density at radius 1 is 1.12 bits per heavy atom. The Morgan fingerprint density at radius 3 is 2.54 bits per heavy atom. The highest BCUT2D eigenvalue weighted by molar-refractivity contribution is 14.0. The van der Waals surface area contributed by atoms with E-state index in [4.69, 9.17) is 9.52 Å². The van der Waals surface area contributed by atoms with Crippen molar-refractivity contribution in [2.45, 2.75) is 53.5 Å². The van der Waals surface area contributed by atoms with Crippen molar-refractivity contribution in [2.75, 3.05) is 13.1 Å². The van der Waals surface area contributed by atoms with Crippen LogP contribution in [-0.2, 0) is 25.8 Å². The molecule has 2 aromatic rings. The average molecular weight is 470 g/mol. The predicted octanol–water partition coefficient (Wildman–Crippen LogP) is 4.02. The molecule has 0 fully saturated rings. The zero-order chi connectivity index (χ0) is 18.1. The number of hydrogen-bond donors (Lipinski definition) is 2. The van der Waals surface area contributed by atoms with Gasteiger partial charge in [0.2, 0.25) is 0 Å². The number of aromatic nitrogens is 1. The summed E-state index contributed by atoms with van der Waals surface area (Å²) in [5.41, 5.74) is 4.83. The minimum Gasteiger partial charge on any atom is -0.361 e. The van der Waals surface area contributed by atoms with Gasteiger partial charge in [0.05, 0.1) is 12.2 Å². The normalized spacial score (nSPS) is 11.2. The Balaban J connectivity index is 0.00000338. The van der Waals surface area contributed by atoms with Crippen LogP contribution in [0, 0.1) is 6.92 Å². The summed E-state index contributed by atoms with van der Waals surface area (Å²) in [5, 5.41) is 10.9. The molecule has 0 aliphatic rings. The summed E-state index contributed by atoms with van der Waals surface area (Å²) in [5.74, 6) is 1.78. The molecule has 2 rings (SSSR count). The molecule has 0 aliphatic heterocycles. The van der Waals surface area contributed by atoms with Crippen molar-refractivity contribution in [3.63, 3.8) is 0 Å². The fourth-order valence-corrected chi connectivity index (χ4v) is 2.82. The van der Waals surface area contributed by atoms with Crippen LogP contribution in [0.25, 0.3) is 0 Å². The lowest BCUT2D eigenvalue weighted by Crippen LogP contribution is -2.38. The summed E-state index contributed by atoms with van der Waals surface area (Å²) in [7, 11) is 0. The maximum Gasteiger partial charge on any atom is 0.191 e. The molecule has 0 aliphatic carbocycles. The highest BCUT2D eigenvalue weighted by atomic mass is 127. The zero-order valence-electron chi connectivity index (χ0n) is 16.3. The van der Waals surface area contributed by atoms with Crippen molar-refractivity contribution in [1.29, 1.82) is 0 Å². The SMILES string of the molecule is CCNC(=NCc1c(CC)noc1CC)NCCc1ccccc1C.I. The van der Waals surface area contributed by atoms with Crippen molar-refractivity contribution >= 4 is 29.9 Å². The second-order valence-corrected chi connectivity index (χ2v) is 6.04. The molecule has 0 spiro atoms. The zero-order valence-corrected chi connectivity index (χ0v) is 18.6. The van der Waals surface area contributed by atoms with Crippen LogP contribution in [0.5, 0.6) is 0 Å². The quantitative estimate of drug-likeness (QED) is 0.348.